The fraction of sp³-hybridized carbons (Fsp3) is 0.154. The van der Waals surface area contributed by atoms with Gasteiger partial charge in [-0.15, -0.1) is 15.3 Å². The lowest BCUT2D eigenvalue weighted by atomic mass is 10.2. The zero-order valence-electron chi connectivity index (χ0n) is 20.3. The number of rotatable bonds is 9. The van der Waals surface area contributed by atoms with Crippen molar-refractivity contribution in [1.82, 2.24) is 35.5 Å². The van der Waals surface area contributed by atoms with Gasteiger partial charge < -0.3 is 15.4 Å². The summed E-state index contributed by atoms with van der Waals surface area (Å²) in [5.74, 6) is 1.22. The molecule has 186 valence electrons. The van der Waals surface area contributed by atoms with Crippen LogP contribution in [-0.4, -0.2) is 43.2 Å². The highest BCUT2D eigenvalue weighted by atomic mass is 32.1. The van der Waals surface area contributed by atoms with Crippen LogP contribution in [0.2, 0.25) is 0 Å². The summed E-state index contributed by atoms with van der Waals surface area (Å²) in [6.45, 7) is 2.77. The summed E-state index contributed by atoms with van der Waals surface area (Å²) >= 11 is 1.43. The maximum atomic E-state index is 12.6. The first-order valence-electron chi connectivity index (χ1n) is 11.5. The van der Waals surface area contributed by atoms with Gasteiger partial charge in [0, 0.05) is 12.1 Å². The highest BCUT2D eigenvalue weighted by Gasteiger charge is 2.14. The third-order valence-electron chi connectivity index (χ3n) is 5.55. The summed E-state index contributed by atoms with van der Waals surface area (Å²) in [5.41, 5.74) is 3.79. The minimum absolute atomic E-state index is 0.203. The number of aromatic nitrogens is 6. The summed E-state index contributed by atoms with van der Waals surface area (Å²) in [6.07, 6.45) is 1.58. The molecule has 0 saturated carbocycles. The van der Waals surface area contributed by atoms with E-state index >= 15 is 0 Å². The maximum Gasteiger partial charge on any atom is 0.273 e. The van der Waals surface area contributed by atoms with Gasteiger partial charge in [-0.05, 0) is 36.8 Å². The van der Waals surface area contributed by atoms with Crippen LogP contribution in [0.25, 0.3) is 16.3 Å². The Kier molecular flexibility index (Phi) is 7.13. The molecular weight excluding hydrogens is 488 g/mol. The Morgan fingerprint density at radius 3 is 2.54 bits per heavy atom. The maximum absolute atomic E-state index is 12.6. The van der Waals surface area contributed by atoms with E-state index in [2.05, 4.69) is 36.1 Å². The number of nitrogens with one attached hydrogen (secondary N) is 2. The van der Waals surface area contributed by atoms with Crippen molar-refractivity contribution in [2.24, 2.45) is 0 Å². The predicted molar refractivity (Wildman–Crippen MR) is 141 cm³/mol. The summed E-state index contributed by atoms with van der Waals surface area (Å²) in [6, 6.07) is 21.4. The Labute approximate surface area is 217 Å². The number of amides is 1. The van der Waals surface area contributed by atoms with Gasteiger partial charge in [-0.2, -0.15) is 0 Å². The number of ether oxygens (including phenoxy) is 1. The average molecular weight is 513 g/mol. The van der Waals surface area contributed by atoms with Crippen LogP contribution in [0.15, 0.2) is 72.9 Å². The van der Waals surface area contributed by atoms with E-state index in [0.29, 0.717) is 11.6 Å². The first-order chi connectivity index (χ1) is 18.1. The quantitative estimate of drug-likeness (QED) is 0.304. The van der Waals surface area contributed by atoms with Gasteiger partial charge >= 0.3 is 0 Å². The fourth-order valence-corrected chi connectivity index (χ4v) is 4.37. The molecule has 1 amide bonds. The van der Waals surface area contributed by atoms with Crippen LogP contribution in [0.5, 0.6) is 5.75 Å². The number of hydrogen-bond donors (Lipinski definition) is 2. The van der Waals surface area contributed by atoms with Crippen molar-refractivity contribution in [2.75, 3.05) is 12.4 Å². The minimum Gasteiger partial charge on any atom is -0.497 e. The summed E-state index contributed by atoms with van der Waals surface area (Å²) < 4.78 is 6.74. The van der Waals surface area contributed by atoms with Crippen LogP contribution in [0.4, 0.5) is 5.82 Å². The Hall–Kier alpha value is -4.64. The van der Waals surface area contributed by atoms with E-state index in [1.165, 1.54) is 11.3 Å². The van der Waals surface area contributed by atoms with Crippen molar-refractivity contribution in [3.63, 3.8) is 0 Å². The SMILES string of the molecule is COc1ccc(CNc2ccc(-n3cc(C(=O)NCc4nnc(-c5ccccc5)s4)nn3)c(C)n2)cc1. The fourth-order valence-electron chi connectivity index (χ4n) is 3.58. The number of methoxy groups -OCH3 is 1. The second-order valence-electron chi connectivity index (χ2n) is 8.10. The number of hydrogen-bond acceptors (Lipinski definition) is 9. The van der Waals surface area contributed by atoms with Gasteiger partial charge in [0.1, 0.15) is 21.6 Å². The normalized spacial score (nSPS) is 10.8. The number of aryl methyl sites for hydroxylation is 1. The first kappa shape index (κ1) is 24.1. The second kappa shape index (κ2) is 11.0. The van der Waals surface area contributed by atoms with Gasteiger partial charge in [0.25, 0.3) is 5.91 Å². The molecule has 10 nitrogen and oxygen atoms in total. The monoisotopic (exact) mass is 512 g/mol. The van der Waals surface area contributed by atoms with Crippen LogP contribution < -0.4 is 15.4 Å². The summed E-state index contributed by atoms with van der Waals surface area (Å²) in [7, 11) is 1.65. The molecule has 5 aromatic rings. The number of nitrogens with zero attached hydrogens (tertiary/aromatic N) is 6. The molecular formula is C26H24N8O2S. The number of anilines is 1. The van der Waals surface area contributed by atoms with E-state index < -0.39 is 0 Å². The van der Waals surface area contributed by atoms with E-state index in [-0.39, 0.29) is 18.1 Å². The third kappa shape index (κ3) is 5.78. The van der Waals surface area contributed by atoms with Gasteiger partial charge in [-0.3, -0.25) is 4.79 Å². The zero-order chi connectivity index (χ0) is 25.6. The molecule has 11 heteroatoms. The van der Waals surface area contributed by atoms with Crippen molar-refractivity contribution < 1.29 is 9.53 Å². The van der Waals surface area contributed by atoms with E-state index in [1.54, 1.807) is 18.0 Å². The number of carbonyl (C=O) groups is 1. The molecule has 0 aliphatic carbocycles. The molecule has 0 bridgehead atoms. The molecule has 5 rings (SSSR count). The molecule has 3 heterocycles. The molecule has 37 heavy (non-hydrogen) atoms. The number of pyridine rings is 1. The lowest BCUT2D eigenvalue weighted by Gasteiger charge is -2.10. The van der Waals surface area contributed by atoms with Gasteiger partial charge in [-0.25, -0.2) is 9.67 Å². The average Bonchev–Trinajstić information content (AvgIpc) is 3.62. The Morgan fingerprint density at radius 1 is 0.973 bits per heavy atom. The highest BCUT2D eigenvalue weighted by molar-refractivity contribution is 7.14. The molecule has 0 aliphatic heterocycles. The molecule has 2 N–H and O–H groups in total. The molecule has 0 atom stereocenters. The van der Waals surface area contributed by atoms with Crippen LogP contribution >= 0.6 is 11.3 Å². The second-order valence-corrected chi connectivity index (χ2v) is 9.16. The largest absolute Gasteiger partial charge is 0.497 e. The Balaban J connectivity index is 1.18. The standard InChI is InChI=1S/C26H24N8O2S/c1-17-22(12-13-23(29-17)27-14-18-8-10-20(36-2)11-9-18)34-16-21(30-33-34)25(35)28-15-24-31-32-26(37-24)19-6-4-3-5-7-19/h3-13,16H,14-15H2,1-2H3,(H,27,29)(H,28,35). The van der Waals surface area contributed by atoms with Gasteiger partial charge in [0.05, 0.1) is 31.2 Å². The zero-order valence-corrected chi connectivity index (χ0v) is 21.1. The summed E-state index contributed by atoms with van der Waals surface area (Å²) in [5, 5.41) is 24.2. The van der Waals surface area contributed by atoms with E-state index in [1.807, 2.05) is 73.7 Å². The van der Waals surface area contributed by atoms with E-state index in [4.69, 9.17) is 4.74 Å². The van der Waals surface area contributed by atoms with Gasteiger partial charge in [0.2, 0.25) is 0 Å². The predicted octanol–water partition coefficient (Wildman–Crippen LogP) is 4.04. The van der Waals surface area contributed by atoms with Crippen LogP contribution in [0, 0.1) is 6.92 Å². The number of benzene rings is 2. The molecule has 0 saturated heterocycles. The lowest BCUT2D eigenvalue weighted by Crippen LogP contribution is -2.23. The molecule has 0 spiro atoms. The molecule has 0 aliphatic rings. The topological polar surface area (TPSA) is 120 Å². The van der Waals surface area contributed by atoms with Gasteiger partial charge in [-0.1, -0.05) is 59.0 Å². The lowest BCUT2D eigenvalue weighted by molar-refractivity contribution is 0.0945. The van der Waals surface area contributed by atoms with Gasteiger partial charge in [0.15, 0.2) is 5.69 Å². The molecule has 2 aromatic carbocycles. The van der Waals surface area contributed by atoms with Crippen LogP contribution in [0.1, 0.15) is 26.8 Å². The Morgan fingerprint density at radius 2 is 1.78 bits per heavy atom. The van der Waals surface area contributed by atoms with E-state index in [9.17, 15) is 4.79 Å². The van der Waals surface area contributed by atoms with Crippen molar-refractivity contribution in [1.29, 1.82) is 0 Å². The molecule has 0 fully saturated rings. The van der Waals surface area contributed by atoms with E-state index in [0.717, 1.165) is 39.1 Å². The van der Waals surface area contributed by atoms with Crippen LogP contribution in [0.3, 0.4) is 0 Å². The van der Waals surface area contributed by atoms with Crippen molar-refractivity contribution in [3.05, 3.63) is 94.9 Å². The van der Waals surface area contributed by atoms with Crippen molar-refractivity contribution >= 4 is 23.1 Å². The van der Waals surface area contributed by atoms with Crippen molar-refractivity contribution in [2.45, 2.75) is 20.0 Å². The summed E-state index contributed by atoms with van der Waals surface area (Å²) in [4.78, 5) is 17.3. The van der Waals surface area contributed by atoms with Crippen molar-refractivity contribution in [3.8, 4) is 22.0 Å². The molecule has 0 unspecified atom stereocenters. The third-order valence-corrected chi connectivity index (χ3v) is 6.52. The molecule has 0 radical (unpaired) electrons. The smallest absolute Gasteiger partial charge is 0.273 e. The highest BCUT2D eigenvalue weighted by Crippen LogP contribution is 2.23. The van der Waals surface area contributed by atoms with Crippen LogP contribution in [-0.2, 0) is 13.1 Å². The minimum atomic E-state index is -0.342. The first-order valence-corrected chi connectivity index (χ1v) is 12.3. The Bertz CT molecular complexity index is 1500. The molecule has 3 aromatic heterocycles. The number of carbonyl (C=O) groups excluding carboxylic acids is 1.